The molecule has 1 aromatic carbocycles. The lowest BCUT2D eigenvalue weighted by molar-refractivity contribution is 0.0928. The van der Waals surface area contributed by atoms with Crippen molar-refractivity contribution >= 4 is 16.7 Å². The number of benzene rings is 1. The molecule has 106 valence electrons. The lowest BCUT2D eigenvalue weighted by Crippen LogP contribution is -2.37. The van der Waals surface area contributed by atoms with Gasteiger partial charge in [0.1, 0.15) is 0 Å². The largest absolute Gasteiger partial charge is 0.360 e. The van der Waals surface area contributed by atoms with Gasteiger partial charge in [0.15, 0.2) is 5.78 Å². The molecular formula is C17H22N2O. The Hall–Kier alpha value is -1.61. The van der Waals surface area contributed by atoms with Gasteiger partial charge >= 0.3 is 0 Å². The van der Waals surface area contributed by atoms with E-state index in [2.05, 4.69) is 17.2 Å². The number of hydrogen-bond acceptors (Lipinski definition) is 2. The van der Waals surface area contributed by atoms with Crippen LogP contribution in [-0.4, -0.2) is 23.9 Å². The first-order valence-corrected chi connectivity index (χ1v) is 7.59. The van der Waals surface area contributed by atoms with Gasteiger partial charge in [-0.15, -0.1) is 0 Å². The Morgan fingerprint density at radius 3 is 3.00 bits per heavy atom. The minimum atomic E-state index is 0.285. The molecule has 3 nitrogen and oxygen atoms in total. The van der Waals surface area contributed by atoms with Crippen LogP contribution in [0.3, 0.4) is 0 Å². The fourth-order valence-corrected chi connectivity index (χ4v) is 3.37. The van der Waals surface area contributed by atoms with Gasteiger partial charge in [-0.25, -0.2) is 0 Å². The molecule has 0 radical (unpaired) electrons. The Kier molecular flexibility index (Phi) is 3.88. The Balaban J connectivity index is 1.78. The lowest BCUT2D eigenvalue weighted by Gasteiger charge is -2.31. The van der Waals surface area contributed by atoms with Crippen molar-refractivity contribution < 1.29 is 4.79 Å². The maximum absolute atomic E-state index is 12.6. The first-order chi connectivity index (χ1) is 9.79. The van der Waals surface area contributed by atoms with Crippen LogP contribution in [0.2, 0.25) is 0 Å². The molecular weight excluding hydrogens is 248 g/mol. The second kappa shape index (κ2) is 5.80. The molecule has 0 spiro atoms. The van der Waals surface area contributed by atoms with Crippen LogP contribution in [0.15, 0.2) is 30.5 Å². The summed E-state index contributed by atoms with van der Waals surface area (Å²) in [5.41, 5.74) is 1.90. The number of aromatic nitrogens is 1. The van der Waals surface area contributed by atoms with Crippen molar-refractivity contribution in [1.82, 2.24) is 10.3 Å². The van der Waals surface area contributed by atoms with Crippen LogP contribution in [0.1, 0.15) is 36.5 Å². The summed E-state index contributed by atoms with van der Waals surface area (Å²) in [6, 6.07) is 8.03. The number of nitrogens with one attached hydrogen (secondary N) is 2. The summed E-state index contributed by atoms with van der Waals surface area (Å²) in [6.07, 6.45) is 4.82. The summed E-state index contributed by atoms with van der Waals surface area (Å²) < 4.78 is 0. The summed E-state index contributed by atoms with van der Waals surface area (Å²) in [4.78, 5) is 15.8. The molecule has 1 aliphatic heterocycles. The van der Waals surface area contributed by atoms with E-state index < -0.39 is 0 Å². The Morgan fingerprint density at radius 1 is 1.30 bits per heavy atom. The van der Waals surface area contributed by atoms with Crippen LogP contribution in [0.25, 0.3) is 10.9 Å². The number of para-hydroxylation sites is 1. The molecule has 0 bridgehead atoms. The molecule has 0 amide bonds. The molecule has 2 heterocycles. The molecule has 1 saturated heterocycles. The number of ketones is 1. The molecule has 1 aromatic heterocycles. The zero-order valence-electron chi connectivity index (χ0n) is 12.0. The predicted molar refractivity (Wildman–Crippen MR) is 82.0 cm³/mol. The summed E-state index contributed by atoms with van der Waals surface area (Å²) in [7, 11) is 0. The third-order valence-corrected chi connectivity index (χ3v) is 4.63. The quantitative estimate of drug-likeness (QED) is 0.837. The minimum absolute atomic E-state index is 0.285. The van der Waals surface area contributed by atoms with Crippen LogP contribution in [0.4, 0.5) is 0 Å². The Labute approximate surface area is 119 Å². The van der Waals surface area contributed by atoms with Gasteiger partial charge in [-0.1, -0.05) is 31.5 Å². The smallest absolute Gasteiger partial charge is 0.165 e. The number of aromatic amines is 1. The second-order valence-corrected chi connectivity index (χ2v) is 5.80. The number of Topliss-reactive ketones (excluding diaryl/α,β-unsaturated/α-hetero) is 1. The van der Waals surface area contributed by atoms with E-state index in [1.807, 2.05) is 30.5 Å². The SMILES string of the molecule is CC[C@@H]1CNCCC1CC(=O)c1c[nH]c2ccccc12. The van der Waals surface area contributed by atoms with Gasteiger partial charge in [0.05, 0.1) is 0 Å². The van der Waals surface area contributed by atoms with Gasteiger partial charge in [-0.2, -0.15) is 0 Å². The van der Waals surface area contributed by atoms with Gasteiger partial charge in [0.2, 0.25) is 0 Å². The van der Waals surface area contributed by atoms with Gasteiger partial charge in [-0.3, -0.25) is 4.79 Å². The van der Waals surface area contributed by atoms with E-state index in [4.69, 9.17) is 0 Å². The van der Waals surface area contributed by atoms with Crippen LogP contribution < -0.4 is 5.32 Å². The van der Waals surface area contributed by atoms with E-state index in [0.717, 1.165) is 42.4 Å². The molecule has 3 heteroatoms. The molecule has 20 heavy (non-hydrogen) atoms. The number of hydrogen-bond donors (Lipinski definition) is 2. The number of H-pyrrole nitrogens is 1. The van der Waals surface area contributed by atoms with Gasteiger partial charge in [0, 0.05) is 29.1 Å². The van der Waals surface area contributed by atoms with Crippen LogP contribution in [-0.2, 0) is 0 Å². The molecule has 0 aliphatic carbocycles. The minimum Gasteiger partial charge on any atom is -0.360 e. The van der Waals surface area contributed by atoms with Crippen molar-refractivity contribution in [2.24, 2.45) is 11.8 Å². The normalized spacial score (nSPS) is 23.1. The highest BCUT2D eigenvalue weighted by Gasteiger charge is 2.26. The molecule has 1 aliphatic rings. The molecule has 1 fully saturated rings. The number of fused-ring (bicyclic) bond motifs is 1. The summed E-state index contributed by atoms with van der Waals surface area (Å²) >= 11 is 0. The standard InChI is InChI=1S/C17H22N2O/c1-2-12-10-18-8-7-13(12)9-17(20)15-11-19-16-6-4-3-5-14(15)16/h3-6,11-13,18-19H,2,7-10H2,1H3/t12-,13?/m1/s1. The average Bonchev–Trinajstić information content (AvgIpc) is 2.92. The highest BCUT2D eigenvalue weighted by atomic mass is 16.1. The molecule has 2 aromatic rings. The van der Waals surface area contributed by atoms with E-state index >= 15 is 0 Å². The first kappa shape index (κ1) is 13.4. The monoisotopic (exact) mass is 270 g/mol. The van der Waals surface area contributed by atoms with Crippen molar-refractivity contribution in [3.8, 4) is 0 Å². The number of carbonyl (C=O) groups excluding carboxylic acids is 1. The lowest BCUT2D eigenvalue weighted by atomic mass is 9.80. The summed E-state index contributed by atoms with van der Waals surface area (Å²) in [6.45, 7) is 4.32. The fraction of sp³-hybridized carbons (Fsp3) is 0.471. The fourth-order valence-electron chi connectivity index (χ4n) is 3.37. The summed E-state index contributed by atoms with van der Waals surface area (Å²) in [5, 5.41) is 4.49. The van der Waals surface area contributed by atoms with Crippen LogP contribution in [0.5, 0.6) is 0 Å². The van der Waals surface area contributed by atoms with Gasteiger partial charge < -0.3 is 10.3 Å². The molecule has 2 atom stereocenters. The molecule has 0 saturated carbocycles. The molecule has 1 unspecified atom stereocenters. The van der Waals surface area contributed by atoms with E-state index in [0.29, 0.717) is 18.3 Å². The average molecular weight is 270 g/mol. The summed E-state index contributed by atoms with van der Waals surface area (Å²) in [5.74, 6) is 1.45. The topological polar surface area (TPSA) is 44.9 Å². The van der Waals surface area contributed by atoms with Gasteiger partial charge in [-0.05, 0) is 37.4 Å². The zero-order valence-corrected chi connectivity index (χ0v) is 12.0. The Bertz CT molecular complexity index is 602. The van der Waals surface area contributed by atoms with Crippen molar-refractivity contribution in [1.29, 1.82) is 0 Å². The Morgan fingerprint density at radius 2 is 2.15 bits per heavy atom. The highest BCUT2D eigenvalue weighted by Crippen LogP contribution is 2.28. The van der Waals surface area contributed by atoms with Gasteiger partial charge in [0.25, 0.3) is 0 Å². The van der Waals surface area contributed by atoms with Crippen molar-refractivity contribution in [3.05, 3.63) is 36.0 Å². The first-order valence-electron chi connectivity index (χ1n) is 7.59. The third-order valence-electron chi connectivity index (χ3n) is 4.63. The molecule has 3 rings (SSSR count). The van der Waals surface area contributed by atoms with Crippen LogP contribution in [0, 0.1) is 11.8 Å². The number of piperidine rings is 1. The van der Waals surface area contributed by atoms with Crippen molar-refractivity contribution in [3.63, 3.8) is 0 Å². The second-order valence-electron chi connectivity index (χ2n) is 5.80. The van der Waals surface area contributed by atoms with Crippen LogP contribution >= 0.6 is 0 Å². The third kappa shape index (κ3) is 2.50. The number of rotatable bonds is 4. The van der Waals surface area contributed by atoms with Crippen molar-refractivity contribution in [2.45, 2.75) is 26.2 Å². The van der Waals surface area contributed by atoms with E-state index in [1.54, 1.807) is 0 Å². The van der Waals surface area contributed by atoms with E-state index in [9.17, 15) is 4.79 Å². The molecule has 2 N–H and O–H groups in total. The predicted octanol–water partition coefficient (Wildman–Crippen LogP) is 3.38. The number of carbonyl (C=O) groups is 1. The maximum atomic E-state index is 12.6. The zero-order chi connectivity index (χ0) is 13.9. The van der Waals surface area contributed by atoms with E-state index in [1.165, 1.54) is 0 Å². The van der Waals surface area contributed by atoms with Crippen molar-refractivity contribution in [2.75, 3.05) is 13.1 Å². The van der Waals surface area contributed by atoms with E-state index in [-0.39, 0.29) is 5.78 Å². The maximum Gasteiger partial charge on any atom is 0.165 e. The highest BCUT2D eigenvalue weighted by molar-refractivity contribution is 6.07.